The Labute approximate surface area is 74.5 Å². The van der Waals surface area contributed by atoms with Crippen molar-refractivity contribution in [1.82, 2.24) is 4.57 Å². The Morgan fingerprint density at radius 3 is 2.92 bits per heavy atom. The molecular weight excluding hydrogens is 174 g/mol. The van der Waals surface area contributed by atoms with E-state index in [1.54, 1.807) is 0 Å². The van der Waals surface area contributed by atoms with Gasteiger partial charge in [-0.1, -0.05) is 0 Å². The summed E-state index contributed by atoms with van der Waals surface area (Å²) in [5.74, 6) is -1.06. The highest BCUT2D eigenvalue weighted by Gasteiger charge is 2.09. The van der Waals surface area contributed by atoms with Crippen LogP contribution < -0.4 is 0 Å². The molecule has 0 saturated heterocycles. The zero-order valence-electron chi connectivity index (χ0n) is 7.06. The van der Waals surface area contributed by atoms with Crippen LogP contribution in [0.2, 0.25) is 0 Å². The topological polar surface area (TPSA) is 68.5 Å². The number of nitrogens with zero attached hydrogens (tertiary/aromatic N) is 1. The molecule has 5 nitrogen and oxygen atoms in total. The molecule has 0 fully saturated rings. The predicted octanol–water partition coefficient (Wildman–Crippen LogP) is 0.603. The minimum atomic E-state index is -1.06. The van der Waals surface area contributed by atoms with E-state index in [1.807, 2.05) is 0 Å². The standard InChI is InChI=1S/C8H9NO4/c1-13-5-9-3-6(8(11)12)2-7(9)4-10/h2-4H,5H2,1H3,(H,11,12). The Bertz CT molecular complexity index is 329. The van der Waals surface area contributed by atoms with Gasteiger partial charge in [-0.05, 0) is 6.07 Å². The third-order valence-electron chi connectivity index (χ3n) is 1.57. The summed E-state index contributed by atoms with van der Waals surface area (Å²) in [4.78, 5) is 21.0. The van der Waals surface area contributed by atoms with Crippen LogP contribution in [0.3, 0.4) is 0 Å². The van der Waals surface area contributed by atoms with Gasteiger partial charge in [-0.3, -0.25) is 4.79 Å². The van der Waals surface area contributed by atoms with Crippen LogP contribution in [-0.2, 0) is 11.5 Å². The van der Waals surface area contributed by atoms with Crippen molar-refractivity contribution in [1.29, 1.82) is 0 Å². The van der Waals surface area contributed by atoms with E-state index in [-0.39, 0.29) is 12.3 Å². The van der Waals surface area contributed by atoms with Gasteiger partial charge in [-0.2, -0.15) is 0 Å². The second kappa shape index (κ2) is 3.86. The predicted molar refractivity (Wildman–Crippen MR) is 43.8 cm³/mol. The Kier molecular flexibility index (Phi) is 2.81. The average Bonchev–Trinajstić information content (AvgIpc) is 2.48. The third-order valence-corrected chi connectivity index (χ3v) is 1.57. The summed E-state index contributed by atoms with van der Waals surface area (Å²) in [7, 11) is 1.47. The van der Waals surface area contributed by atoms with E-state index in [2.05, 4.69) is 0 Å². The number of aromatic carboxylic acids is 1. The van der Waals surface area contributed by atoms with Gasteiger partial charge in [0, 0.05) is 13.3 Å². The van der Waals surface area contributed by atoms with Gasteiger partial charge in [-0.25, -0.2) is 4.79 Å². The monoisotopic (exact) mass is 183 g/mol. The number of aromatic nitrogens is 1. The number of aldehydes is 1. The number of carboxylic acids is 1. The van der Waals surface area contributed by atoms with Crippen molar-refractivity contribution in [2.45, 2.75) is 6.73 Å². The third kappa shape index (κ3) is 1.94. The molecule has 0 atom stereocenters. The molecule has 1 aromatic heterocycles. The lowest BCUT2D eigenvalue weighted by Gasteiger charge is -2.00. The van der Waals surface area contributed by atoms with Crippen molar-refractivity contribution in [2.24, 2.45) is 0 Å². The van der Waals surface area contributed by atoms with E-state index in [1.165, 1.54) is 23.9 Å². The lowest BCUT2D eigenvalue weighted by Crippen LogP contribution is -2.02. The molecule has 0 bridgehead atoms. The first-order chi connectivity index (χ1) is 6.19. The Balaban J connectivity index is 3.03. The van der Waals surface area contributed by atoms with Crippen molar-refractivity contribution >= 4 is 12.3 Å². The summed E-state index contributed by atoms with van der Waals surface area (Å²) in [6.45, 7) is 0.168. The van der Waals surface area contributed by atoms with Crippen LogP contribution in [-0.4, -0.2) is 29.0 Å². The maximum absolute atomic E-state index is 10.5. The van der Waals surface area contributed by atoms with E-state index in [4.69, 9.17) is 9.84 Å². The van der Waals surface area contributed by atoms with E-state index in [0.29, 0.717) is 12.0 Å². The van der Waals surface area contributed by atoms with E-state index < -0.39 is 5.97 Å². The molecule has 0 saturated carbocycles. The molecule has 1 aromatic rings. The highest BCUT2D eigenvalue weighted by atomic mass is 16.5. The van der Waals surface area contributed by atoms with Crippen LogP contribution in [0.25, 0.3) is 0 Å². The molecule has 1 rings (SSSR count). The van der Waals surface area contributed by atoms with Crippen molar-refractivity contribution in [3.05, 3.63) is 23.5 Å². The SMILES string of the molecule is COCn1cc(C(=O)O)cc1C=O. The second-order valence-electron chi connectivity index (χ2n) is 2.46. The van der Waals surface area contributed by atoms with Crippen molar-refractivity contribution in [3.8, 4) is 0 Å². The van der Waals surface area contributed by atoms with Crippen LogP contribution in [0.15, 0.2) is 12.3 Å². The number of ether oxygens (including phenoxy) is 1. The van der Waals surface area contributed by atoms with Gasteiger partial charge in [0.15, 0.2) is 6.29 Å². The summed E-state index contributed by atoms with van der Waals surface area (Å²) in [6.07, 6.45) is 1.95. The number of carbonyl (C=O) groups excluding carboxylic acids is 1. The van der Waals surface area contributed by atoms with Gasteiger partial charge in [0.2, 0.25) is 0 Å². The average molecular weight is 183 g/mol. The van der Waals surface area contributed by atoms with Gasteiger partial charge in [0.05, 0.1) is 11.3 Å². The van der Waals surface area contributed by atoms with Crippen LogP contribution in [0.5, 0.6) is 0 Å². The van der Waals surface area contributed by atoms with Gasteiger partial charge in [-0.15, -0.1) is 0 Å². The Morgan fingerprint density at radius 2 is 2.46 bits per heavy atom. The molecule has 0 unspecified atom stereocenters. The van der Waals surface area contributed by atoms with Crippen LogP contribution >= 0.6 is 0 Å². The highest BCUT2D eigenvalue weighted by Crippen LogP contribution is 2.06. The number of hydrogen-bond donors (Lipinski definition) is 1. The van der Waals surface area contributed by atoms with Gasteiger partial charge < -0.3 is 14.4 Å². The van der Waals surface area contributed by atoms with E-state index >= 15 is 0 Å². The normalized spacial score (nSPS) is 9.92. The van der Waals surface area contributed by atoms with Gasteiger partial charge >= 0.3 is 5.97 Å². The number of hydrogen-bond acceptors (Lipinski definition) is 3. The molecule has 0 spiro atoms. The molecule has 0 aliphatic carbocycles. The van der Waals surface area contributed by atoms with Crippen molar-refractivity contribution in [2.75, 3.05) is 7.11 Å². The largest absolute Gasteiger partial charge is 0.478 e. The van der Waals surface area contributed by atoms with Gasteiger partial charge in [0.25, 0.3) is 0 Å². The molecule has 1 heterocycles. The number of carbonyl (C=O) groups is 2. The Morgan fingerprint density at radius 1 is 1.77 bits per heavy atom. The summed E-state index contributed by atoms with van der Waals surface area (Å²) in [6, 6.07) is 1.30. The number of rotatable bonds is 4. The minimum absolute atomic E-state index is 0.0825. The summed E-state index contributed by atoms with van der Waals surface area (Å²) in [5.41, 5.74) is 0.374. The molecule has 70 valence electrons. The van der Waals surface area contributed by atoms with E-state index in [9.17, 15) is 9.59 Å². The molecule has 13 heavy (non-hydrogen) atoms. The summed E-state index contributed by atoms with van der Waals surface area (Å²) in [5, 5.41) is 8.62. The van der Waals surface area contributed by atoms with Crippen molar-refractivity contribution in [3.63, 3.8) is 0 Å². The van der Waals surface area contributed by atoms with E-state index in [0.717, 1.165) is 0 Å². The first-order valence-electron chi connectivity index (χ1n) is 3.56. The molecule has 0 aliphatic rings. The maximum atomic E-state index is 10.5. The Hall–Kier alpha value is -1.62. The fourth-order valence-corrected chi connectivity index (χ4v) is 0.991. The van der Waals surface area contributed by atoms with Crippen LogP contribution in [0.1, 0.15) is 20.8 Å². The van der Waals surface area contributed by atoms with Crippen molar-refractivity contribution < 1.29 is 19.4 Å². The fraction of sp³-hybridized carbons (Fsp3) is 0.250. The summed E-state index contributed by atoms with van der Waals surface area (Å²) < 4.78 is 6.20. The van der Waals surface area contributed by atoms with Gasteiger partial charge in [0.1, 0.15) is 6.73 Å². The zero-order chi connectivity index (χ0) is 9.84. The molecule has 0 amide bonds. The quantitative estimate of drug-likeness (QED) is 0.694. The minimum Gasteiger partial charge on any atom is -0.478 e. The number of methoxy groups -OCH3 is 1. The maximum Gasteiger partial charge on any atom is 0.337 e. The van der Waals surface area contributed by atoms with Crippen LogP contribution in [0, 0.1) is 0 Å². The lowest BCUT2D eigenvalue weighted by molar-refractivity contribution is 0.0696. The second-order valence-corrected chi connectivity index (χ2v) is 2.46. The lowest BCUT2D eigenvalue weighted by atomic mass is 10.3. The highest BCUT2D eigenvalue weighted by molar-refractivity contribution is 5.90. The molecule has 0 aliphatic heterocycles. The van der Waals surface area contributed by atoms with Crippen LogP contribution in [0.4, 0.5) is 0 Å². The zero-order valence-corrected chi connectivity index (χ0v) is 7.06. The molecule has 5 heteroatoms. The molecular formula is C8H9NO4. The first kappa shape index (κ1) is 9.47. The summed E-state index contributed by atoms with van der Waals surface area (Å²) >= 11 is 0. The molecule has 1 N–H and O–H groups in total. The smallest absolute Gasteiger partial charge is 0.337 e. The number of carboxylic acid groups (broad SMARTS) is 1. The molecule has 0 radical (unpaired) electrons. The first-order valence-corrected chi connectivity index (χ1v) is 3.56. The fourth-order valence-electron chi connectivity index (χ4n) is 0.991. The molecule has 0 aromatic carbocycles.